The molecule has 216 valence electrons. The fourth-order valence-corrected chi connectivity index (χ4v) is 5.26. The van der Waals surface area contributed by atoms with Crippen molar-refractivity contribution in [2.24, 2.45) is 5.41 Å². The van der Waals surface area contributed by atoms with E-state index in [0.29, 0.717) is 41.7 Å². The molecule has 12 nitrogen and oxygen atoms in total. The number of carboxylic acid groups (broad SMARTS) is 1. The summed E-state index contributed by atoms with van der Waals surface area (Å²) in [6.45, 7) is 6.73. The Kier molecular flexibility index (Phi) is 7.96. The van der Waals surface area contributed by atoms with Gasteiger partial charge in [-0.25, -0.2) is 4.68 Å². The summed E-state index contributed by atoms with van der Waals surface area (Å²) in [6, 6.07) is 11.3. The van der Waals surface area contributed by atoms with Crippen molar-refractivity contribution < 1.29 is 24.1 Å². The van der Waals surface area contributed by atoms with Crippen LogP contribution < -0.4 is 9.47 Å². The highest BCUT2D eigenvalue weighted by atomic mass is 35.5. The lowest BCUT2D eigenvalue weighted by molar-refractivity contribution is -0.136. The molecular weight excluding hydrogens is 550 g/mol. The number of methoxy groups -OCH3 is 2. The molecule has 1 aliphatic rings. The summed E-state index contributed by atoms with van der Waals surface area (Å²) >= 11 is 6.56. The molecule has 2 atom stereocenters. The van der Waals surface area contributed by atoms with Crippen LogP contribution in [-0.4, -0.2) is 60.3 Å². The zero-order valence-electron chi connectivity index (χ0n) is 23.5. The van der Waals surface area contributed by atoms with Gasteiger partial charge in [0.05, 0.1) is 19.9 Å². The van der Waals surface area contributed by atoms with E-state index in [1.54, 1.807) is 14.2 Å². The Morgan fingerprint density at radius 3 is 2.59 bits per heavy atom. The van der Waals surface area contributed by atoms with Crippen LogP contribution >= 0.6 is 11.6 Å². The van der Waals surface area contributed by atoms with Crippen molar-refractivity contribution in [3.8, 4) is 17.2 Å². The lowest BCUT2D eigenvalue weighted by atomic mass is 9.91. The van der Waals surface area contributed by atoms with Crippen molar-refractivity contribution in [2.75, 3.05) is 14.2 Å². The van der Waals surface area contributed by atoms with E-state index in [4.69, 9.17) is 25.8 Å². The predicted molar refractivity (Wildman–Crippen MR) is 149 cm³/mol. The number of tetrazole rings is 1. The molecule has 3 heterocycles. The normalized spacial score (nSPS) is 16.5. The van der Waals surface area contributed by atoms with Gasteiger partial charge in [-0.05, 0) is 40.1 Å². The number of benzene rings is 2. The second-order valence-corrected chi connectivity index (χ2v) is 11.5. The highest BCUT2D eigenvalue weighted by molar-refractivity contribution is 6.30. The average molecular weight is 582 g/mol. The first-order chi connectivity index (χ1) is 19.6. The fraction of sp³-hybridized carbons (Fsp3) is 0.429. The van der Waals surface area contributed by atoms with Crippen LogP contribution in [0, 0.1) is 5.41 Å². The summed E-state index contributed by atoms with van der Waals surface area (Å²) in [5.41, 5.74) is 2.36. The number of halogens is 1. The number of fused-ring (bicyclic) bond motifs is 3. The third kappa shape index (κ3) is 5.89. The molecule has 2 aromatic heterocycles. The number of carboxylic acids is 1. The molecule has 0 fully saturated rings. The molecule has 0 radical (unpaired) electrons. The van der Waals surface area contributed by atoms with Crippen LogP contribution in [0.4, 0.5) is 0 Å². The standard InChI is InChI=1S/C28H32ClN7O5/c1-28(2,3)15-23-30-32-27-21(11-12-35-22(14-24(37)38)31-33-34-35)41-25(17-7-6-8-20(39-4)26(17)40-5)18-13-16(29)9-10-19(18)36(23)27/h6-10,13,21,25H,11-12,14-15H2,1-5H3,(H,37,38)/t21-,25-/m1/s1. The number of rotatable bonds is 9. The van der Waals surface area contributed by atoms with Gasteiger partial charge < -0.3 is 19.3 Å². The number of aryl methyl sites for hydroxylation is 1. The Morgan fingerprint density at radius 2 is 1.88 bits per heavy atom. The Hall–Kier alpha value is -4.03. The van der Waals surface area contributed by atoms with Crippen LogP contribution in [0.25, 0.3) is 5.69 Å². The van der Waals surface area contributed by atoms with Crippen LogP contribution in [0.1, 0.15) is 68.0 Å². The van der Waals surface area contributed by atoms with E-state index < -0.39 is 18.2 Å². The first-order valence-electron chi connectivity index (χ1n) is 13.2. The Bertz CT molecular complexity index is 1560. The molecule has 0 bridgehead atoms. The maximum Gasteiger partial charge on any atom is 0.311 e. The van der Waals surface area contributed by atoms with Crippen molar-refractivity contribution in [3.63, 3.8) is 0 Å². The molecular formula is C28H32ClN7O5. The highest BCUT2D eigenvalue weighted by Gasteiger charge is 2.36. The third-order valence-electron chi connectivity index (χ3n) is 6.78. The van der Waals surface area contributed by atoms with Crippen LogP contribution in [-0.2, 0) is 28.9 Å². The molecule has 41 heavy (non-hydrogen) atoms. The largest absolute Gasteiger partial charge is 0.493 e. The molecule has 1 aliphatic heterocycles. The minimum absolute atomic E-state index is 0.0629. The van der Waals surface area contributed by atoms with E-state index in [2.05, 4.69) is 46.5 Å². The van der Waals surface area contributed by atoms with Gasteiger partial charge in [-0.3, -0.25) is 9.36 Å². The molecule has 0 unspecified atom stereocenters. The molecule has 0 aliphatic carbocycles. The minimum atomic E-state index is -1.02. The third-order valence-corrected chi connectivity index (χ3v) is 7.01. The van der Waals surface area contributed by atoms with E-state index in [9.17, 15) is 9.90 Å². The number of carbonyl (C=O) groups is 1. The van der Waals surface area contributed by atoms with Crippen molar-refractivity contribution in [2.45, 2.75) is 58.8 Å². The highest BCUT2D eigenvalue weighted by Crippen LogP contribution is 2.46. The van der Waals surface area contributed by atoms with Crippen molar-refractivity contribution in [1.29, 1.82) is 0 Å². The molecule has 0 saturated heterocycles. The first-order valence-corrected chi connectivity index (χ1v) is 13.5. The molecule has 4 aromatic rings. The van der Waals surface area contributed by atoms with Gasteiger partial charge in [-0.2, -0.15) is 0 Å². The van der Waals surface area contributed by atoms with Crippen LogP contribution in [0.5, 0.6) is 11.5 Å². The molecule has 1 N–H and O–H groups in total. The number of nitrogens with zero attached hydrogens (tertiary/aromatic N) is 7. The molecule has 0 spiro atoms. The van der Waals surface area contributed by atoms with Gasteiger partial charge in [0.1, 0.15) is 24.5 Å². The molecule has 13 heteroatoms. The topological polar surface area (TPSA) is 139 Å². The summed E-state index contributed by atoms with van der Waals surface area (Å²) < 4.78 is 21.8. The van der Waals surface area contributed by atoms with Gasteiger partial charge >= 0.3 is 5.97 Å². The molecule has 0 saturated carbocycles. The van der Waals surface area contributed by atoms with E-state index in [-0.39, 0.29) is 17.7 Å². The quantitative estimate of drug-likeness (QED) is 0.302. The van der Waals surface area contributed by atoms with E-state index >= 15 is 0 Å². The number of aromatic nitrogens is 7. The minimum Gasteiger partial charge on any atom is -0.493 e. The van der Waals surface area contributed by atoms with Crippen molar-refractivity contribution in [1.82, 2.24) is 35.0 Å². The van der Waals surface area contributed by atoms with Gasteiger partial charge in [0.2, 0.25) is 0 Å². The van der Waals surface area contributed by atoms with Crippen molar-refractivity contribution in [3.05, 3.63) is 70.0 Å². The van der Waals surface area contributed by atoms with Crippen LogP contribution in [0.2, 0.25) is 5.02 Å². The summed E-state index contributed by atoms with van der Waals surface area (Å²) in [5, 5.41) is 30.6. The molecule has 2 aromatic carbocycles. The number of ether oxygens (including phenoxy) is 3. The predicted octanol–water partition coefficient (Wildman–Crippen LogP) is 4.39. The SMILES string of the molecule is COc1cccc([C@H]2O[C@H](CCn3nnnc3CC(=O)O)c3nnc(CC(C)(C)C)n3-c3ccc(Cl)cc32)c1OC. The van der Waals surface area contributed by atoms with Gasteiger partial charge in [-0.15, -0.1) is 15.3 Å². The summed E-state index contributed by atoms with van der Waals surface area (Å²) in [5.74, 6) is 1.75. The molecule has 0 amide bonds. The van der Waals surface area contributed by atoms with Gasteiger partial charge in [-0.1, -0.05) is 44.5 Å². The fourth-order valence-electron chi connectivity index (χ4n) is 5.08. The van der Waals surface area contributed by atoms with E-state index in [1.807, 2.05) is 41.0 Å². The Morgan fingerprint density at radius 1 is 1.07 bits per heavy atom. The maximum absolute atomic E-state index is 11.3. The zero-order chi connectivity index (χ0) is 29.3. The number of hydrogen-bond donors (Lipinski definition) is 1. The van der Waals surface area contributed by atoms with E-state index in [0.717, 1.165) is 22.6 Å². The van der Waals surface area contributed by atoms with Gasteiger partial charge in [0, 0.05) is 35.5 Å². The Balaban J connectivity index is 1.66. The van der Waals surface area contributed by atoms with Gasteiger partial charge in [0.15, 0.2) is 23.1 Å². The summed E-state index contributed by atoms with van der Waals surface area (Å²) in [7, 11) is 3.18. The summed E-state index contributed by atoms with van der Waals surface area (Å²) in [6.07, 6.45) is -0.439. The lowest BCUT2D eigenvalue weighted by Gasteiger charge is -2.25. The zero-order valence-corrected chi connectivity index (χ0v) is 24.3. The van der Waals surface area contributed by atoms with Crippen LogP contribution in [0.3, 0.4) is 0 Å². The van der Waals surface area contributed by atoms with Gasteiger partial charge in [0.25, 0.3) is 0 Å². The second kappa shape index (κ2) is 11.5. The number of para-hydroxylation sites is 1. The first kappa shape index (κ1) is 28.5. The van der Waals surface area contributed by atoms with E-state index in [1.165, 1.54) is 4.68 Å². The van der Waals surface area contributed by atoms with Crippen LogP contribution in [0.15, 0.2) is 36.4 Å². The summed E-state index contributed by atoms with van der Waals surface area (Å²) in [4.78, 5) is 11.3. The second-order valence-electron chi connectivity index (χ2n) is 11.0. The monoisotopic (exact) mass is 581 g/mol. The number of hydrogen-bond acceptors (Lipinski definition) is 9. The lowest BCUT2D eigenvalue weighted by Crippen LogP contribution is -2.17. The smallest absolute Gasteiger partial charge is 0.311 e. The maximum atomic E-state index is 11.3. The average Bonchev–Trinajstić information content (AvgIpc) is 3.50. The Labute approximate surface area is 242 Å². The van der Waals surface area contributed by atoms with Crippen molar-refractivity contribution >= 4 is 17.6 Å². The number of aliphatic carboxylic acids is 1. The molecule has 5 rings (SSSR count).